The highest BCUT2D eigenvalue weighted by Crippen LogP contribution is 2.18. The smallest absolute Gasteiger partial charge is 0.237 e. The second-order valence-corrected chi connectivity index (χ2v) is 8.08. The van der Waals surface area contributed by atoms with Gasteiger partial charge in [0.05, 0.1) is 12.5 Å². The van der Waals surface area contributed by atoms with Gasteiger partial charge in [-0.2, -0.15) is 0 Å². The summed E-state index contributed by atoms with van der Waals surface area (Å²) in [7, 11) is 0. The Bertz CT molecular complexity index is 621. The topological polar surface area (TPSA) is 61.4 Å². The van der Waals surface area contributed by atoms with Crippen LogP contribution in [0.25, 0.3) is 0 Å². The summed E-state index contributed by atoms with van der Waals surface area (Å²) in [5.41, 5.74) is 2.41. The van der Waals surface area contributed by atoms with Gasteiger partial charge in [0.1, 0.15) is 0 Å². The Morgan fingerprint density at radius 1 is 1.11 bits per heavy atom. The molecule has 27 heavy (non-hydrogen) atoms. The lowest BCUT2D eigenvalue weighted by molar-refractivity contribution is -0.134. The Labute approximate surface area is 162 Å². The normalized spacial score (nSPS) is 22.6. The number of nitrogens with zero attached hydrogens (tertiary/aromatic N) is 1. The van der Waals surface area contributed by atoms with E-state index in [0.29, 0.717) is 13.1 Å². The molecule has 148 valence electrons. The maximum absolute atomic E-state index is 12.6. The zero-order valence-electron chi connectivity index (χ0n) is 16.5. The van der Waals surface area contributed by atoms with E-state index in [1.54, 1.807) is 0 Å². The number of aryl methyl sites for hydroxylation is 1. The van der Waals surface area contributed by atoms with Gasteiger partial charge < -0.3 is 10.6 Å². The van der Waals surface area contributed by atoms with Gasteiger partial charge in [0.2, 0.25) is 11.8 Å². The molecule has 2 aliphatic rings. The number of hydrogen-bond acceptors (Lipinski definition) is 3. The molecule has 1 aromatic carbocycles. The second kappa shape index (κ2) is 9.88. The lowest BCUT2D eigenvalue weighted by atomic mass is 9.96. The summed E-state index contributed by atoms with van der Waals surface area (Å²) in [6, 6.07) is 8.29. The van der Waals surface area contributed by atoms with Crippen molar-refractivity contribution in [3.8, 4) is 0 Å². The highest BCUT2D eigenvalue weighted by molar-refractivity contribution is 5.88. The van der Waals surface area contributed by atoms with Crippen molar-refractivity contribution in [2.45, 2.75) is 76.9 Å². The Hall–Kier alpha value is -1.88. The predicted octanol–water partition coefficient (Wildman–Crippen LogP) is 2.91. The van der Waals surface area contributed by atoms with Crippen LogP contribution in [-0.2, 0) is 16.1 Å². The maximum Gasteiger partial charge on any atom is 0.237 e. The molecule has 0 bridgehead atoms. The number of carbonyl (C=O) groups excluding carboxylic acids is 2. The van der Waals surface area contributed by atoms with E-state index in [0.717, 1.165) is 19.4 Å². The zero-order valence-corrected chi connectivity index (χ0v) is 16.5. The summed E-state index contributed by atoms with van der Waals surface area (Å²) in [6.07, 6.45) is 8.60. The number of rotatable bonds is 5. The number of amides is 2. The predicted molar refractivity (Wildman–Crippen MR) is 107 cm³/mol. The van der Waals surface area contributed by atoms with Crippen LogP contribution >= 0.6 is 0 Å². The molecule has 1 unspecified atom stereocenters. The average Bonchev–Trinajstić information content (AvgIpc) is 2.62. The number of carbonyl (C=O) groups is 2. The first-order valence-corrected chi connectivity index (χ1v) is 10.5. The van der Waals surface area contributed by atoms with Crippen LogP contribution in [0.1, 0.15) is 62.5 Å². The Kier molecular flexibility index (Phi) is 7.27. The second-order valence-electron chi connectivity index (χ2n) is 8.08. The van der Waals surface area contributed by atoms with E-state index in [-0.39, 0.29) is 30.3 Å². The van der Waals surface area contributed by atoms with Crippen molar-refractivity contribution < 1.29 is 9.59 Å². The molecule has 1 aliphatic heterocycles. The highest BCUT2D eigenvalue weighted by atomic mass is 16.2. The molecular formula is C22H33N3O2. The minimum atomic E-state index is -0.381. The fraction of sp³-hybridized carbons (Fsp3) is 0.636. The molecule has 2 fully saturated rings. The van der Waals surface area contributed by atoms with Crippen molar-refractivity contribution in [3.05, 3.63) is 35.4 Å². The summed E-state index contributed by atoms with van der Waals surface area (Å²) >= 11 is 0. The molecule has 2 N–H and O–H groups in total. The third-order valence-electron chi connectivity index (χ3n) is 5.80. The van der Waals surface area contributed by atoms with E-state index in [2.05, 4.69) is 46.7 Å². The van der Waals surface area contributed by atoms with E-state index in [1.165, 1.54) is 43.2 Å². The molecule has 3 rings (SSSR count). The summed E-state index contributed by atoms with van der Waals surface area (Å²) in [5, 5.41) is 6.12. The summed E-state index contributed by atoms with van der Waals surface area (Å²) in [5.74, 6) is -0.0160. The van der Waals surface area contributed by atoms with Crippen LogP contribution in [0.5, 0.6) is 0 Å². The molecule has 1 saturated heterocycles. The Morgan fingerprint density at radius 2 is 1.78 bits per heavy atom. The van der Waals surface area contributed by atoms with Crippen molar-refractivity contribution in [1.29, 1.82) is 0 Å². The van der Waals surface area contributed by atoms with Gasteiger partial charge in [-0.25, -0.2) is 0 Å². The number of hydrogen-bond donors (Lipinski definition) is 2. The van der Waals surface area contributed by atoms with Crippen LogP contribution in [0.15, 0.2) is 24.3 Å². The quantitative estimate of drug-likeness (QED) is 0.837. The molecule has 1 aliphatic carbocycles. The number of benzene rings is 1. The van der Waals surface area contributed by atoms with Gasteiger partial charge in [-0.1, -0.05) is 61.9 Å². The van der Waals surface area contributed by atoms with Gasteiger partial charge >= 0.3 is 0 Å². The van der Waals surface area contributed by atoms with Crippen molar-refractivity contribution in [3.63, 3.8) is 0 Å². The molecule has 1 aromatic rings. The van der Waals surface area contributed by atoms with Crippen LogP contribution in [0.3, 0.4) is 0 Å². The first kappa shape index (κ1) is 19.9. The van der Waals surface area contributed by atoms with Gasteiger partial charge in [0, 0.05) is 25.7 Å². The number of nitrogens with one attached hydrogen (secondary N) is 2. The largest absolute Gasteiger partial charge is 0.353 e. The van der Waals surface area contributed by atoms with Gasteiger partial charge in [-0.05, 0) is 25.3 Å². The van der Waals surface area contributed by atoms with Crippen LogP contribution in [0.2, 0.25) is 0 Å². The molecule has 5 heteroatoms. The average molecular weight is 372 g/mol. The lowest BCUT2D eigenvalue weighted by Crippen LogP contribution is -2.56. The lowest BCUT2D eigenvalue weighted by Gasteiger charge is -2.35. The third-order valence-corrected chi connectivity index (χ3v) is 5.80. The molecular weight excluding hydrogens is 338 g/mol. The van der Waals surface area contributed by atoms with E-state index < -0.39 is 0 Å². The van der Waals surface area contributed by atoms with E-state index in [1.807, 2.05) is 0 Å². The molecule has 0 spiro atoms. The molecule has 5 nitrogen and oxygen atoms in total. The van der Waals surface area contributed by atoms with Gasteiger partial charge in [0.25, 0.3) is 0 Å². The summed E-state index contributed by atoms with van der Waals surface area (Å²) < 4.78 is 0. The number of piperazine rings is 1. The minimum absolute atomic E-state index is 0.0107. The Balaban J connectivity index is 1.58. The Morgan fingerprint density at radius 3 is 2.48 bits per heavy atom. The monoisotopic (exact) mass is 371 g/mol. The van der Waals surface area contributed by atoms with Gasteiger partial charge in [0.15, 0.2) is 0 Å². The highest BCUT2D eigenvalue weighted by Gasteiger charge is 2.32. The van der Waals surface area contributed by atoms with Crippen molar-refractivity contribution in [2.75, 3.05) is 13.1 Å². The first-order valence-electron chi connectivity index (χ1n) is 10.5. The maximum atomic E-state index is 12.6. The molecule has 0 aromatic heterocycles. The summed E-state index contributed by atoms with van der Waals surface area (Å²) in [4.78, 5) is 27.2. The van der Waals surface area contributed by atoms with Gasteiger partial charge in [-0.15, -0.1) is 0 Å². The summed E-state index contributed by atoms with van der Waals surface area (Å²) in [6.45, 7) is 4.20. The standard InChI is InChI=1S/C22H33N3O2/c1-17-9-11-18(12-10-17)16-25-14-13-23-22(27)20(25)15-21(26)24-19-7-5-3-2-4-6-8-19/h9-12,19-20H,2-8,13-16H2,1H3,(H,23,27)(H,24,26). The SMILES string of the molecule is Cc1ccc(CN2CCNC(=O)C2CC(=O)NC2CCCCCCC2)cc1. The first-order chi connectivity index (χ1) is 13.1. The zero-order chi connectivity index (χ0) is 19.1. The molecule has 1 atom stereocenters. The van der Waals surface area contributed by atoms with Crippen molar-refractivity contribution >= 4 is 11.8 Å². The van der Waals surface area contributed by atoms with Crippen molar-refractivity contribution in [1.82, 2.24) is 15.5 Å². The molecule has 1 heterocycles. The molecule has 1 saturated carbocycles. The van der Waals surface area contributed by atoms with E-state index in [4.69, 9.17) is 0 Å². The van der Waals surface area contributed by atoms with Gasteiger partial charge in [-0.3, -0.25) is 14.5 Å². The fourth-order valence-corrected chi connectivity index (χ4v) is 4.16. The van der Waals surface area contributed by atoms with Crippen LogP contribution in [0, 0.1) is 6.92 Å². The fourth-order valence-electron chi connectivity index (χ4n) is 4.16. The molecule has 2 amide bonds. The van der Waals surface area contributed by atoms with Crippen LogP contribution in [-0.4, -0.2) is 41.9 Å². The molecule has 0 radical (unpaired) electrons. The van der Waals surface area contributed by atoms with Crippen LogP contribution < -0.4 is 10.6 Å². The van der Waals surface area contributed by atoms with E-state index >= 15 is 0 Å². The van der Waals surface area contributed by atoms with Crippen LogP contribution in [0.4, 0.5) is 0 Å². The van der Waals surface area contributed by atoms with E-state index in [9.17, 15) is 9.59 Å². The van der Waals surface area contributed by atoms with Crippen molar-refractivity contribution in [2.24, 2.45) is 0 Å². The minimum Gasteiger partial charge on any atom is -0.353 e. The third kappa shape index (κ3) is 6.06.